The molecule has 0 spiro atoms. The van der Waals surface area contributed by atoms with Crippen LogP contribution < -0.4 is 10.1 Å². The Kier molecular flexibility index (Phi) is 5.00. The van der Waals surface area contributed by atoms with E-state index in [4.69, 9.17) is 16.3 Å². The number of alkyl halides is 1. The van der Waals surface area contributed by atoms with Crippen molar-refractivity contribution in [2.24, 2.45) is 0 Å². The van der Waals surface area contributed by atoms with E-state index in [9.17, 15) is 9.90 Å². The van der Waals surface area contributed by atoms with Gasteiger partial charge in [-0.15, -0.1) is 11.6 Å². The molecular weight excluding hydrogens is 292 g/mol. The number of aromatic nitrogens is 1. The van der Waals surface area contributed by atoms with E-state index in [-0.39, 0.29) is 17.2 Å². The summed E-state index contributed by atoms with van der Waals surface area (Å²) < 4.78 is 5.45. The van der Waals surface area contributed by atoms with E-state index < -0.39 is 5.91 Å². The van der Waals surface area contributed by atoms with Crippen molar-refractivity contribution in [1.29, 1.82) is 0 Å². The molecule has 1 amide bonds. The first kappa shape index (κ1) is 15.1. The summed E-state index contributed by atoms with van der Waals surface area (Å²) in [4.78, 5) is 15.8. The van der Waals surface area contributed by atoms with E-state index in [0.717, 1.165) is 5.56 Å². The molecule has 1 heterocycles. The van der Waals surface area contributed by atoms with Crippen LogP contribution >= 0.6 is 11.6 Å². The van der Waals surface area contributed by atoms with E-state index in [1.165, 1.54) is 18.5 Å². The minimum Gasteiger partial charge on any atom is -0.505 e. The van der Waals surface area contributed by atoms with E-state index in [2.05, 4.69) is 10.3 Å². The van der Waals surface area contributed by atoms with Gasteiger partial charge in [-0.05, 0) is 31.2 Å². The molecule has 0 bridgehead atoms. The minimum absolute atomic E-state index is 0.159. The molecule has 1 aromatic carbocycles. The zero-order valence-electron chi connectivity index (χ0n) is 11.5. The van der Waals surface area contributed by atoms with Gasteiger partial charge in [0.05, 0.1) is 24.2 Å². The second-order valence-electron chi connectivity index (χ2n) is 4.24. The normalized spacial score (nSPS) is 10.2. The molecule has 0 radical (unpaired) electrons. The Bertz CT molecular complexity index is 647. The number of hydrogen-bond donors (Lipinski definition) is 2. The van der Waals surface area contributed by atoms with Gasteiger partial charge in [0.25, 0.3) is 5.91 Å². The molecule has 5 nitrogen and oxygen atoms in total. The van der Waals surface area contributed by atoms with E-state index in [1.807, 2.05) is 6.92 Å². The molecule has 0 aliphatic heterocycles. The topological polar surface area (TPSA) is 71.5 Å². The highest BCUT2D eigenvalue weighted by atomic mass is 35.5. The monoisotopic (exact) mass is 306 g/mol. The number of benzene rings is 1. The van der Waals surface area contributed by atoms with Crippen molar-refractivity contribution >= 4 is 23.2 Å². The summed E-state index contributed by atoms with van der Waals surface area (Å²) in [5.74, 6) is 0.384. The Hall–Kier alpha value is -2.27. The van der Waals surface area contributed by atoms with Gasteiger partial charge in [0.15, 0.2) is 0 Å². The van der Waals surface area contributed by atoms with Crippen molar-refractivity contribution in [1.82, 2.24) is 4.98 Å². The van der Waals surface area contributed by atoms with E-state index in [1.54, 1.807) is 18.2 Å². The predicted molar refractivity (Wildman–Crippen MR) is 81.0 cm³/mol. The number of nitrogens with zero attached hydrogens (tertiary/aromatic N) is 1. The van der Waals surface area contributed by atoms with Crippen LogP contribution in [0.2, 0.25) is 0 Å². The quantitative estimate of drug-likeness (QED) is 0.832. The van der Waals surface area contributed by atoms with Gasteiger partial charge in [-0.3, -0.25) is 9.78 Å². The van der Waals surface area contributed by atoms with Gasteiger partial charge in [-0.1, -0.05) is 0 Å². The first-order chi connectivity index (χ1) is 10.2. The molecule has 2 rings (SSSR count). The summed E-state index contributed by atoms with van der Waals surface area (Å²) in [5, 5.41) is 12.3. The van der Waals surface area contributed by atoms with Gasteiger partial charge in [0, 0.05) is 17.4 Å². The van der Waals surface area contributed by atoms with Crippen molar-refractivity contribution in [3.05, 3.63) is 47.8 Å². The first-order valence-corrected chi connectivity index (χ1v) is 6.95. The Morgan fingerprint density at radius 3 is 2.90 bits per heavy atom. The zero-order valence-corrected chi connectivity index (χ0v) is 12.2. The number of aromatic hydroxyl groups is 1. The van der Waals surface area contributed by atoms with Crippen molar-refractivity contribution in [2.45, 2.75) is 12.8 Å². The predicted octanol–water partition coefficient (Wildman–Crippen LogP) is 3.18. The highest BCUT2D eigenvalue weighted by Gasteiger charge is 2.12. The molecule has 0 fully saturated rings. The van der Waals surface area contributed by atoms with Gasteiger partial charge in [0.2, 0.25) is 0 Å². The second kappa shape index (κ2) is 6.95. The number of ether oxygens (including phenoxy) is 1. The number of rotatable bonds is 5. The van der Waals surface area contributed by atoms with Gasteiger partial charge in [-0.25, -0.2) is 0 Å². The molecule has 0 unspecified atom stereocenters. The standard InChI is InChI=1S/C15H15ClN2O3/c1-2-21-14-4-3-11(7-10(14)8-16)18-15(20)12-5-6-17-9-13(12)19/h3-7,9,19H,2,8H2,1H3,(H,18,20). The summed E-state index contributed by atoms with van der Waals surface area (Å²) in [6.07, 6.45) is 2.66. The SMILES string of the molecule is CCOc1ccc(NC(=O)c2ccncc2O)cc1CCl. The van der Waals surface area contributed by atoms with Gasteiger partial charge < -0.3 is 15.2 Å². The molecule has 0 aliphatic carbocycles. The highest BCUT2D eigenvalue weighted by molar-refractivity contribution is 6.17. The van der Waals surface area contributed by atoms with Crippen LogP contribution in [0.25, 0.3) is 0 Å². The third-order valence-corrected chi connectivity index (χ3v) is 3.09. The molecular formula is C15H15ClN2O3. The molecule has 0 aliphatic rings. The molecule has 0 atom stereocenters. The lowest BCUT2D eigenvalue weighted by atomic mass is 10.2. The summed E-state index contributed by atoms with van der Waals surface area (Å²) in [5.41, 5.74) is 1.52. The third-order valence-electron chi connectivity index (χ3n) is 2.81. The fourth-order valence-corrected chi connectivity index (χ4v) is 2.04. The van der Waals surface area contributed by atoms with E-state index >= 15 is 0 Å². The van der Waals surface area contributed by atoms with Crippen LogP contribution in [0.3, 0.4) is 0 Å². The van der Waals surface area contributed by atoms with Crippen LogP contribution in [-0.2, 0) is 5.88 Å². The van der Waals surface area contributed by atoms with Crippen LogP contribution in [0.1, 0.15) is 22.8 Å². The molecule has 110 valence electrons. The zero-order chi connectivity index (χ0) is 15.2. The van der Waals surface area contributed by atoms with E-state index in [0.29, 0.717) is 18.0 Å². The molecule has 21 heavy (non-hydrogen) atoms. The average molecular weight is 307 g/mol. The number of nitrogens with one attached hydrogen (secondary N) is 1. The summed E-state index contributed by atoms with van der Waals surface area (Å²) in [7, 11) is 0. The van der Waals surface area contributed by atoms with Crippen LogP contribution in [0.5, 0.6) is 11.5 Å². The fraction of sp³-hybridized carbons (Fsp3) is 0.200. The minimum atomic E-state index is -0.417. The maximum atomic E-state index is 12.1. The van der Waals surface area contributed by atoms with Crippen LogP contribution in [0, 0.1) is 0 Å². The van der Waals surface area contributed by atoms with Gasteiger partial charge >= 0.3 is 0 Å². The molecule has 2 N–H and O–H groups in total. The number of hydrogen-bond acceptors (Lipinski definition) is 4. The van der Waals surface area contributed by atoms with Crippen LogP contribution in [-0.4, -0.2) is 22.6 Å². The maximum absolute atomic E-state index is 12.1. The summed E-state index contributed by atoms with van der Waals surface area (Å²) >= 11 is 5.88. The lowest BCUT2D eigenvalue weighted by Crippen LogP contribution is -2.12. The molecule has 2 aromatic rings. The number of carbonyl (C=O) groups excluding carboxylic acids is 1. The van der Waals surface area contributed by atoms with Crippen molar-refractivity contribution < 1.29 is 14.6 Å². The Morgan fingerprint density at radius 1 is 1.43 bits per heavy atom. The maximum Gasteiger partial charge on any atom is 0.259 e. The van der Waals surface area contributed by atoms with Crippen molar-refractivity contribution in [2.75, 3.05) is 11.9 Å². The number of amides is 1. The first-order valence-electron chi connectivity index (χ1n) is 6.41. The summed E-state index contributed by atoms with van der Waals surface area (Å²) in [6, 6.07) is 6.66. The Labute approximate surface area is 127 Å². The number of halogens is 1. The summed E-state index contributed by atoms with van der Waals surface area (Å²) in [6.45, 7) is 2.43. The Balaban J connectivity index is 2.20. The molecule has 0 saturated heterocycles. The third kappa shape index (κ3) is 3.64. The lowest BCUT2D eigenvalue weighted by Gasteiger charge is -2.11. The number of pyridine rings is 1. The number of carbonyl (C=O) groups is 1. The van der Waals surface area contributed by atoms with Crippen molar-refractivity contribution in [3.63, 3.8) is 0 Å². The molecule has 0 saturated carbocycles. The van der Waals surface area contributed by atoms with Gasteiger partial charge in [-0.2, -0.15) is 0 Å². The van der Waals surface area contributed by atoms with Gasteiger partial charge in [0.1, 0.15) is 11.5 Å². The van der Waals surface area contributed by atoms with Crippen molar-refractivity contribution in [3.8, 4) is 11.5 Å². The van der Waals surface area contributed by atoms with Crippen LogP contribution in [0.4, 0.5) is 5.69 Å². The lowest BCUT2D eigenvalue weighted by molar-refractivity contribution is 0.102. The average Bonchev–Trinajstić information content (AvgIpc) is 2.49. The second-order valence-corrected chi connectivity index (χ2v) is 4.50. The Morgan fingerprint density at radius 2 is 2.24 bits per heavy atom. The number of anilines is 1. The fourth-order valence-electron chi connectivity index (χ4n) is 1.83. The van der Waals surface area contributed by atoms with Crippen LogP contribution in [0.15, 0.2) is 36.7 Å². The molecule has 6 heteroatoms. The largest absolute Gasteiger partial charge is 0.505 e. The smallest absolute Gasteiger partial charge is 0.259 e. The molecule has 1 aromatic heterocycles. The highest BCUT2D eigenvalue weighted by Crippen LogP contribution is 2.25.